The van der Waals surface area contributed by atoms with Gasteiger partial charge in [-0.25, -0.2) is 9.97 Å². The first-order valence-electron chi connectivity index (χ1n) is 6.71. The van der Waals surface area contributed by atoms with Crippen LogP contribution in [0.4, 0.5) is 11.5 Å². The number of hydrogen-bond donors (Lipinski definition) is 2. The highest BCUT2D eigenvalue weighted by Gasteiger charge is 2.11. The fourth-order valence-corrected chi connectivity index (χ4v) is 1.84. The Balaban J connectivity index is 2.30. The molecule has 0 bridgehead atoms. The van der Waals surface area contributed by atoms with Gasteiger partial charge < -0.3 is 15.4 Å². The van der Waals surface area contributed by atoms with Crippen LogP contribution in [-0.4, -0.2) is 22.4 Å². The largest absolute Gasteiger partial charge is 0.436 e. The fourth-order valence-electron chi connectivity index (χ4n) is 1.84. The minimum atomic E-state index is -0.154. The third kappa shape index (κ3) is 3.68. The van der Waals surface area contributed by atoms with E-state index in [2.05, 4.69) is 20.6 Å². The van der Waals surface area contributed by atoms with E-state index in [-0.39, 0.29) is 5.91 Å². The average Bonchev–Trinajstić information content (AvgIpc) is 2.45. The lowest BCUT2D eigenvalue weighted by Gasteiger charge is -2.13. The van der Waals surface area contributed by atoms with Gasteiger partial charge in [-0.05, 0) is 26.0 Å². The van der Waals surface area contributed by atoms with E-state index in [0.29, 0.717) is 17.3 Å². The molecule has 2 rings (SSSR count). The Labute approximate surface area is 123 Å². The number of para-hydroxylation sites is 2. The molecule has 6 nitrogen and oxygen atoms in total. The molecule has 0 radical (unpaired) electrons. The van der Waals surface area contributed by atoms with Crippen LogP contribution in [0.2, 0.25) is 0 Å². The Morgan fingerprint density at radius 2 is 2.05 bits per heavy atom. The van der Waals surface area contributed by atoms with Crippen molar-refractivity contribution < 1.29 is 9.53 Å². The van der Waals surface area contributed by atoms with E-state index >= 15 is 0 Å². The molecule has 0 fully saturated rings. The van der Waals surface area contributed by atoms with Gasteiger partial charge in [-0.1, -0.05) is 12.1 Å². The average molecular weight is 286 g/mol. The van der Waals surface area contributed by atoms with Crippen molar-refractivity contribution >= 4 is 17.4 Å². The predicted molar refractivity (Wildman–Crippen MR) is 81.8 cm³/mol. The quantitative estimate of drug-likeness (QED) is 0.883. The highest BCUT2D eigenvalue weighted by atomic mass is 16.5. The van der Waals surface area contributed by atoms with Gasteiger partial charge in [0.1, 0.15) is 12.1 Å². The van der Waals surface area contributed by atoms with Crippen LogP contribution < -0.4 is 15.4 Å². The van der Waals surface area contributed by atoms with Crippen molar-refractivity contribution in [3.63, 3.8) is 0 Å². The van der Waals surface area contributed by atoms with Crippen molar-refractivity contribution in [2.24, 2.45) is 0 Å². The molecule has 1 aromatic heterocycles. The molecule has 1 heterocycles. The van der Waals surface area contributed by atoms with Crippen LogP contribution in [0.5, 0.6) is 11.6 Å². The number of nitrogens with zero attached hydrogens (tertiary/aromatic N) is 2. The minimum Gasteiger partial charge on any atom is -0.436 e. The molecule has 1 amide bonds. The van der Waals surface area contributed by atoms with Gasteiger partial charge in [0.15, 0.2) is 5.75 Å². The number of hydrogen-bond acceptors (Lipinski definition) is 5. The fraction of sp³-hybridized carbons (Fsp3) is 0.267. The van der Waals surface area contributed by atoms with Crippen LogP contribution >= 0.6 is 0 Å². The van der Waals surface area contributed by atoms with Gasteiger partial charge in [0.2, 0.25) is 11.8 Å². The standard InChI is InChI=1S/C15H18N4O2/c1-4-16-14-10(2)15(18-9-17-14)21-13-8-6-5-7-12(13)19-11(3)20/h5-9H,4H2,1-3H3,(H,19,20)(H,16,17,18). The maximum Gasteiger partial charge on any atom is 0.227 e. The molecule has 2 aromatic rings. The summed E-state index contributed by atoms with van der Waals surface area (Å²) in [5, 5.41) is 5.88. The molecule has 0 aliphatic carbocycles. The number of ether oxygens (including phenoxy) is 1. The molecule has 0 aliphatic rings. The predicted octanol–water partition coefficient (Wildman–Crippen LogP) is 2.97. The van der Waals surface area contributed by atoms with Gasteiger partial charge in [0.05, 0.1) is 11.3 Å². The van der Waals surface area contributed by atoms with Gasteiger partial charge in [0, 0.05) is 13.5 Å². The van der Waals surface area contributed by atoms with Gasteiger partial charge in [-0.15, -0.1) is 0 Å². The summed E-state index contributed by atoms with van der Waals surface area (Å²) >= 11 is 0. The molecular formula is C15H18N4O2. The topological polar surface area (TPSA) is 76.1 Å². The van der Waals surface area contributed by atoms with Crippen molar-refractivity contribution in [3.05, 3.63) is 36.2 Å². The van der Waals surface area contributed by atoms with Gasteiger partial charge >= 0.3 is 0 Å². The number of benzene rings is 1. The maximum absolute atomic E-state index is 11.2. The first-order chi connectivity index (χ1) is 10.1. The number of carbonyl (C=O) groups excluding carboxylic acids is 1. The van der Waals surface area contributed by atoms with Crippen molar-refractivity contribution in [1.82, 2.24) is 9.97 Å². The van der Waals surface area contributed by atoms with Crippen LogP contribution in [-0.2, 0) is 4.79 Å². The van der Waals surface area contributed by atoms with E-state index in [1.165, 1.54) is 13.3 Å². The number of carbonyl (C=O) groups is 1. The highest BCUT2D eigenvalue weighted by molar-refractivity contribution is 5.90. The van der Waals surface area contributed by atoms with Crippen LogP contribution in [0.15, 0.2) is 30.6 Å². The van der Waals surface area contributed by atoms with Crippen molar-refractivity contribution in [1.29, 1.82) is 0 Å². The summed E-state index contributed by atoms with van der Waals surface area (Å²) in [7, 11) is 0. The molecule has 0 unspecified atom stereocenters. The van der Waals surface area contributed by atoms with E-state index in [9.17, 15) is 4.79 Å². The molecule has 21 heavy (non-hydrogen) atoms. The summed E-state index contributed by atoms with van der Waals surface area (Å²) < 4.78 is 5.82. The Bertz CT molecular complexity index is 643. The zero-order valence-electron chi connectivity index (χ0n) is 12.3. The Kier molecular flexibility index (Phi) is 4.71. The Morgan fingerprint density at radius 3 is 2.76 bits per heavy atom. The SMILES string of the molecule is CCNc1ncnc(Oc2ccccc2NC(C)=O)c1C. The zero-order chi connectivity index (χ0) is 15.2. The molecule has 0 atom stereocenters. The molecular weight excluding hydrogens is 268 g/mol. The Morgan fingerprint density at radius 1 is 1.29 bits per heavy atom. The van der Waals surface area contributed by atoms with Gasteiger partial charge in [-0.3, -0.25) is 4.79 Å². The van der Waals surface area contributed by atoms with Crippen molar-refractivity contribution in [2.45, 2.75) is 20.8 Å². The number of rotatable bonds is 5. The first kappa shape index (κ1) is 14.8. The lowest BCUT2D eigenvalue weighted by molar-refractivity contribution is -0.114. The van der Waals surface area contributed by atoms with Crippen LogP contribution in [0.25, 0.3) is 0 Å². The molecule has 0 spiro atoms. The number of aromatic nitrogens is 2. The smallest absolute Gasteiger partial charge is 0.227 e. The lowest BCUT2D eigenvalue weighted by atomic mass is 10.3. The highest BCUT2D eigenvalue weighted by Crippen LogP contribution is 2.31. The summed E-state index contributed by atoms with van der Waals surface area (Å²) in [5.41, 5.74) is 1.42. The van der Waals surface area contributed by atoms with Gasteiger partial charge in [-0.2, -0.15) is 0 Å². The summed E-state index contributed by atoms with van der Waals surface area (Å²) in [5.74, 6) is 1.58. The Hall–Kier alpha value is -2.63. The molecule has 6 heteroatoms. The van der Waals surface area contributed by atoms with E-state index in [4.69, 9.17) is 4.74 Å². The van der Waals surface area contributed by atoms with E-state index in [1.807, 2.05) is 26.0 Å². The molecule has 0 aliphatic heterocycles. The minimum absolute atomic E-state index is 0.154. The number of anilines is 2. The van der Waals surface area contributed by atoms with Crippen molar-refractivity contribution in [2.75, 3.05) is 17.2 Å². The zero-order valence-corrected chi connectivity index (χ0v) is 12.3. The molecule has 0 saturated heterocycles. The maximum atomic E-state index is 11.2. The normalized spacial score (nSPS) is 10.0. The van der Waals surface area contributed by atoms with E-state index < -0.39 is 0 Å². The van der Waals surface area contributed by atoms with Crippen LogP contribution in [0.1, 0.15) is 19.4 Å². The van der Waals surface area contributed by atoms with E-state index in [0.717, 1.165) is 17.9 Å². The van der Waals surface area contributed by atoms with Crippen LogP contribution in [0.3, 0.4) is 0 Å². The summed E-state index contributed by atoms with van der Waals surface area (Å²) in [4.78, 5) is 19.5. The lowest BCUT2D eigenvalue weighted by Crippen LogP contribution is -2.08. The molecule has 110 valence electrons. The third-order valence-electron chi connectivity index (χ3n) is 2.79. The van der Waals surface area contributed by atoms with Gasteiger partial charge in [0.25, 0.3) is 0 Å². The second kappa shape index (κ2) is 6.69. The van der Waals surface area contributed by atoms with Crippen LogP contribution in [0, 0.1) is 6.92 Å². The monoisotopic (exact) mass is 286 g/mol. The summed E-state index contributed by atoms with van der Waals surface area (Å²) in [6.45, 7) is 6.10. The second-order valence-electron chi connectivity index (χ2n) is 4.46. The molecule has 2 N–H and O–H groups in total. The number of nitrogens with one attached hydrogen (secondary N) is 2. The summed E-state index contributed by atoms with van der Waals surface area (Å²) in [6.07, 6.45) is 1.45. The number of amides is 1. The molecule has 0 saturated carbocycles. The summed E-state index contributed by atoms with van der Waals surface area (Å²) in [6, 6.07) is 7.22. The second-order valence-corrected chi connectivity index (χ2v) is 4.46. The van der Waals surface area contributed by atoms with Crippen molar-refractivity contribution in [3.8, 4) is 11.6 Å². The van der Waals surface area contributed by atoms with E-state index in [1.54, 1.807) is 12.1 Å². The first-order valence-corrected chi connectivity index (χ1v) is 6.71. The molecule has 1 aromatic carbocycles. The third-order valence-corrected chi connectivity index (χ3v) is 2.79.